The highest BCUT2D eigenvalue weighted by Gasteiger charge is 2.37. The highest BCUT2D eigenvalue weighted by atomic mass is 16.4. The Balaban J connectivity index is 1.83. The number of carboxylic acid groups (broad SMARTS) is 2. The summed E-state index contributed by atoms with van der Waals surface area (Å²) < 4.78 is 0. The molecule has 31 heteroatoms. The van der Waals surface area contributed by atoms with E-state index in [4.69, 9.17) is 22.9 Å². The second-order valence-corrected chi connectivity index (χ2v) is 23.6. The number of rotatable bonds is 41. The molecule has 0 unspecified atom stereocenters. The van der Waals surface area contributed by atoms with Gasteiger partial charge in [0.05, 0.1) is 19.0 Å². The van der Waals surface area contributed by atoms with Crippen LogP contribution in [0.15, 0.2) is 54.7 Å². The quantitative estimate of drug-likeness (QED) is 0.0262. The Bertz CT molecular complexity index is 3030. The molecule has 1 heterocycles. The Morgan fingerprint density at radius 2 is 0.957 bits per heavy atom. The van der Waals surface area contributed by atoms with Crippen LogP contribution in [0.2, 0.25) is 0 Å². The first-order valence-electron chi connectivity index (χ1n) is 30.6. The van der Waals surface area contributed by atoms with Gasteiger partial charge >= 0.3 is 11.9 Å². The van der Waals surface area contributed by atoms with Crippen LogP contribution in [0.5, 0.6) is 5.75 Å². The van der Waals surface area contributed by atoms with Crippen LogP contribution >= 0.6 is 0 Å². The molecule has 92 heavy (non-hydrogen) atoms. The minimum Gasteiger partial charge on any atom is -0.508 e. The zero-order valence-electron chi connectivity index (χ0n) is 53.1. The Hall–Kier alpha value is -9.23. The smallest absolute Gasteiger partial charge is 0.325 e. The van der Waals surface area contributed by atoms with Gasteiger partial charge in [-0.2, -0.15) is 0 Å². The molecule has 3 aromatic rings. The van der Waals surface area contributed by atoms with Crippen LogP contribution in [0, 0.1) is 17.8 Å². The maximum atomic E-state index is 14.6. The standard InChI is InChI=1S/C61H93N15O16/c1-31(2)49(58(88)73-45(28-48(80)81)57(87)76-51(33(5)6)59(89)71-41(16-10-12-24-62)54(84)68-34(7)61(91)92)74-47(79)30-67-53(83)43(22-23-46(65)78)70-55(85)42(17-11-13-25-63)69-56(86)44(27-36-29-66-40-15-9-8-14-38(36)40)72-60(90)50(32(3)4)75-52(82)39(64)26-35-18-20-37(77)21-19-35/h8-9,14-15,18-21,29,31-34,39,41-45,49-51,66,77H,10-13,16-17,22-28,30,62-64H2,1-7H3,(H2,65,78)(H,67,83)(H,68,84)(H,69,86)(H,70,85)(H,71,89)(H,72,90)(H,73,88)(H,74,79)(H,75,82)(H,76,87)(H,80,81)(H,91,92)/t34-,39-,41-,42-,43-,44-,45-,49-,50-,51-/m0/s1. The molecule has 0 spiro atoms. The molecule has 508 valence electrons. The predicted octanol–water partition coefficient (Wildman–Crippen LogP) is -2.46. The van der Waals surface area contributed by atoms with Gasteiger partial charge in [0.15, 0.2) is 0 Å². The average Bonchev–Trinajstić information content (AvgIpc) is 1.65. The first kappa shape index (κ1) is 77.0. The molecule has 3 rings (SSSR count). The number of carboxylic acids is 2. The molecule has 2 aromatic carbocycles. The number of hydrogen-bond acceptors (Lipinski definition) is 17. The number of aromatic nitrogens is 1. The van der Waals surface area contributed by atoms with E-state index in [2.05, 4.69) is 58.2 Å². The number of para-hydroxylation sites is 1. The molecular weight excluding hydrogens is 1200 g/mol. The number of nitrogens with two attached hydrogens (primary N) is 4. The molecule has 0 saturated heterocycles. The topological polar surface area (TPSA) is 523 Å². The maximum Gasteiger partial charge on any atom is 0.325 e. The third-order valence-corrected chi connectivity index (χ3v) is 14.9. The highest BCUT2D eigenvalue weighted by Crippen LogP contribution is 2.21. The number of amides is 11. The van der Waals surface area contributed by atoms with Crippen LogP contribution in [0.1, 0.15) is 117 Å². The lowest BCUT2D eigenvalue weighted by molar-refractivity contribution is -0.142. The van der Waals surface area contributed by atoms with E-state index >= 15 is 0 Å². The minimum atomic E-state index is -1.85. The number of aromatic amines is 1. The van der Waals surface area contributed by atoms with Crippen molar-refractivity contribution in [1.82, 2.24) is 58.2 Å². The zero-order valence-corrected chi connectivity index (χ0v) is 53.1. The lowest BCUT2D eigenvalue weighted by Crippen LogP contribution is -2.61. The number of carbonyl (C=O) groups excluding carboxylic acids is 11. The van der Waals surface area contributed by atoms with Gasteiger partial charge in [0.2, 0.25) is 65.0 Å². The van der Waals surface area contributed by atoms with Gasteiger partial charge in [-0.1, -0.05) is 71.9 Å². The van der Waals surface area contributed by atoms with Gasteiger partial charge in [0.25, 0.3) is 0 Å². The number of phenolic OH excluding ortho intramolecular Hbond substituents is 1. The summed E-state index contributed by atoms with van der Waals surface area (Å²) in [5, 5.41) is 54.5. The number of nitrogens with one attached hydrogen (secondary N) is 11. The van der Waals surface area contributed by atoms with Crippen molar-refractivity contribution in [2.75, 3.05) is 19.6 Å². The summed E-state index contributed by atoms with van der Waals surface area (Å²) in [4.78, 5) is 177. The molecule has 11 amide bonds. The van der Waals surface area contributed by atoms with Crippen molar-refractivity contribution in [2.24, 2.45) is 40.7 Å². The fourth-order valence-electron chi connectivity index (χ4n) is 9.51. The molecule has 10 atom stereocenters. The molecule has 31 nitrogen and oxygen atoms in total. The van der Waals surface area contributed by atoms with E-state index in [-0.39, 0.29) is 50.9 Å². The number of H-pyrrole nitrogens is 1. The Morgan fingerprint density at radius 1 is 0.500 bits per heavy atom. The van der Waals surface area contributed by atoms with Crippen LogP contribution in [-0.2, 0) is 75.2 Å². The van der Waals surface area contributed by atoms with E-state index in [1.165, 1.54) is 46.8 Å². The number of unbranched alkanes of at least 4 members (excludes halogenated alkanes) is 2. The number of phenols is 1. The van der Waals surface area contributed by atoms with Crippen LogP contribution in [0.3, 0.4) is 0 Å². The van der Waals surface area contributed by atoms with Crippen molar-refractivity contribution in [3.05, 3.63) is 65.9 Å². The van der Waals surface area contributed by atoms with Crippen molar-refractivity contribution in [1.29, 1.82) is 0 Å². The van der Waals surface area contributed by atoms with Gasteiger partial charge in [-0.15, -0.1) is 0 Å². The summed E-state index contributed by atoms with van der Waals surface area (Å²) in [5.41, 5.74) is 25.1. The summed E-state index contributed by atoms with van der Waals surface area (Å²) in [5.74, 6) is -14.8. The molecule has 1 aromatic heterocycles. The molecule has 0 aliphatic rings. The third kappa shape index (κ3) is 25.9. The SMILES string of the molecule is CC(C)[C@H](NC(=O)CNC(=O)[C@H](CCC(N)=O)NC(=O)[C@H](CCCCN)NC(=O)[C@H](Cc1c[nH]c2ccccc12)NC(=O)[C@@H](NC(=O)[C@@H](N)Cc1ccc(O)cc1)C(C)C)C(=O)N[C@@H](CC(=O)O)C(=O)N[C@H](C(=O)N[C@@H](CCCCN)C(=O)N[C@@H](C)C(=O)O)C(C)C. The van der Waals surface area contributed by atoms with E-state index < -0.39 is 181 Å². The second kappa shape index (κ2) is 38.5. The van der Waals surface area contributed by atoms with Crippen molar-refractivity contribution in [2.45, 2.75) is 180 Å². The molecule has 0 bridgehead atoms. The number of benzene rings is 2. The van der Waals surface area contributed by atoms with E-state index in [0.29, 0.717) is 30.4 Å². The molecular formula is C61H93N15O16. The summed E-state index contributed by atoms with van der Waals surface area (Å²) in [7, 11) is 0. The normalized spacial score (nSPS) is 14.5. The number of carbonyl (C=O) groups is 13. The van der Waals surface area contributed by atoms with Crippen molar-refractivity contribution in [3.8, 4) is 5.75 Å². The highest BCUT2D eigenvalue weighted by molar-refractivity contribution is 5.99. The molecule has 0 fully saturated rings. The van der Waals surface area contributed by atoms with Crippen molar-refractivity contribution < 1.29 is 77.6 Å². The first-order chi connectivity index (χ1) is 43.4. The van der Waals surface area contributed by atoms with Crippen LogP contribution in [-0.4, -0.2) is 177 Å². The van der Waals surface area contributed by atoms with Crippen LogP contribution in [0.25, 0.3) is 10.9 Å². The summed E-state index contributed by atoms with van der Waals surface area (Å²) in [6, 6.07) is -0.766. The second-order valence-electron chi connectivity index (χ2n) is 23.6. The fraction of sp³-hybridized carbons (Fsp3) is 0.557. The van der Waals surface area contributed by atoms with E-state index in [9.17, 15) is 77.6 Å². The van der Waals surface area contributed by atoms with E-state index in [0.717, 1.165) is 10.9 Å². The number of aromatic hydroxyl groups is 1. The number of hydrogen-bond donors (Lipinski definition) is 18. The summed E-state index contributed by atoms with van der Waals surface area (Å²) >= 11 is 0. The van der Waals surface area contributed by atoms with Crippen LogP contribution in [0.4, 0.5) is 0 Å². The predicted molar refractivity (Wildman–Crippen MR) is 336 cm³/mol. The summed E-state index contributed by atoms with van der Waals surface area (Å²) in [6.07, 6.45) is 1.21. The van der Waals surface area contributed by atoms with Crippen molar-refractivity contribution in [3.63, 3.8) is 0 Å². The van der Waals surface area contributed by atoms with Gasteiger partial charge in [-0.25, -0.2) is 0 Å². The molecule has 22 N–H and O–H groups in total. The Morgan fingerprint density at radius 3 is 1.47 bits per heavy atom. The van der Waals surface area contributed by atoms with Gasteiger partial charge in [-0.05, 0) is 118 Å². The lowest BCUT2D eigenvalue weighted by atomic mass is 9.99. The summed E-state index contributed by atoms with van der Waals surface area (Å²) in [6.45, 7) is 10.3. The number of aliphatic carboxylic acids is 2. The fourth-order valence-corrected chi connectivity index (χ4v) is 9.51. The molecule has 0 aliphatic heterocycles. The van der Waals surface area contributed by atoms with Gasteiger partial charge < -0.3 is 96.4 Å². The maximum absolute atomic E-state index is 14.6. The van der Waals surface area contributed by atoms with Gasteiger partial charge in [0, 0.05) is 29.9 Å². The van der Waals surface area contributed by atoms with Gasteiger partial charge in [0.1, 0.15) is 60.1 Å². The minimum absolute atomic E-state index is 0.0190. The average molecular weight is 1290 g/mol. The monoisotopic (exact) mass is 1290 g/mol. The van der Waals surface area contributed by atoms with Crippen LogP contribution < -0.4 is 76.1 Å². The van der Waals surface area contributed by atoms with Crippen molar-refractivity contribution >= 4 is 87.8 Å². The zero-order chi connectivity index (χ0) is 68.9. The molecule has 0 radical (unpaired) electrons. The third-order valence-electron chi connectivity index (χ3n) is 14.9. The first-order valence-corrected chi connectivity index (χ1v) is 30.6. The molecule has 0 saturated carbocycles. The van der Waals surface area contributed by atoms with E-state index in [1.807, 2.05) is 6.07 Å². The van der Waals surface area contributed by atoms with E-state index in [1.54, 1.807) is 50.4 Å². The number of primary amides is 1. The lowest BCUT2D eigenvalue weighted by Gasteiger charge is -2.28. The Labute approximate surface area is 533 Å². The Kier molecular flexibility index (Phi) is 32.2. The number of fused-ring (bicyclic) bond motifs is 1. The largest absolute Gasteiger partial charge is 0.508 e. The molecule has 0 aliphatic carbocycles. The van der Waals surface area contributed by atoms with Gasteiger partial charge in [-0.3, -0.25) is 62.3 Å².